The van der Waals surface area contributed by atoms with E-state index in [0.717, 1.165) is 16.0 Å². The van der Waals surface area contributed by atoms with Crippen LogP contribution in [0.5, 0.6) is 0 Å². The summed E-state index contributed by atoms with van der Waals surface area (Å²) in [5.41, 5.74) is 1.58. The molecule has 0 aliphatic heterocycles. The molecule has 6 heteroatoms. The van der Waals surface area contributed by atoms with E-state index in [9.17, 15) is 9.59 Å². The lowest BCUT2D eigenvalue weighted by molar-refractivity contribution is -0.134. The second kappa shape index (κ2) is 11.1. The highest BCUT2D eigenvalue weighted by Gasteiger charge is 2.30. The molecule has 0 saturated carbocycles. The first-order valence-electron chi connectivity index (χ1n) is 11.2. The summed E-state index contributed by atoms with van der Waals surface area (Å²) in [6.07, 6.45) is 0. The van der Waals surface area contributed by atoms with Crippen LogP contribution in [0.1, 0.15) is 41.7 Å². The number of carbonyl (C=O) groups is 2. The molecule has 0 fully saturated rings. The number of aryl methyl sites for hydroxylation is 1. The Kier molecular flexibility index (Phi) is 8.28. The fourth-order valence-electron chi connectivity index (χ4n) is 3.51. The van der Waals surface area contributed by atoms with Crippen LogP contribution in [0, 0.1) is 6.92 Å². The minimum atomic E-state index is -0.506. The van der Waals surface area contributed by atoms with Crippen LogP contribution in [-0.4, -0.2) is 33.8 Å². The van der Waals surface area contributed by atoms with Crippen LogP contribution in [0.25, 0.3) is 0 Å². The highest BCUT2D eigenvalue weighted by Crippen LogP contribution is 2.20. The number of carbonyl (C=O) groups excluding carboxylic acids is 2. The molecular weight excluding hydrogens is 430 g/mol. The zero-order chi connectivity index (χ0) is 23.8. The van der Waals surface area contributed by atoms with Crippen molar-refractivity contribution in [2.75, 3.05) is 6.54 Å². The summed E-state index contributed by atoms with van der Waals surface area (Å²) < 4.78 is 0. The predicted molar refractivity (Wildman–Crippen MR) is 135 cm³/mol. The van der Waals surface area contributed by atoms with Crippen molar-refractivity contribution in [3.63, 3.8) is 0 Å². The molecule has 1 N–H and O–H groups in total. The van der Waals surface area contributed by atoms with Crippen molar-refractivity contribution in [2.45, 2.75) is 52.9 Å². The molecule has 0 unspecified atom stereocenters. The van der Waals surface area contributed by atoms with Crippen molar-refractivity contribution in [3.8, 4) is 0 Å². The van der Waals surface area contributed by atoms with Gasteiger partial charge in [-0.2, -0.15) is 0 Å². The first-order chi connectivity index (χ1) is 15.7. The third-order valence-electron chi connectivity index (χ3n) is 5.35. The van der Waals surface area contributed by atoms with Crippen molar-refractivity contribution < 1.29 is 9.59 Å². The van der Waals surface area contributed by atoms with E-state index in [1.165, 1.54) is 4.88 Å². The lowest BCUT2D eigenvalue weighted by Crippen LogP contribution is -2.54. The predicted octanol–water partition coefficient (Wildman–Crippen LogP) is 5.60. The van der Waals surface area contributed by atoms with Crippen molar-refractivity contribution in [1.82, 2.24) is 15.1 Å². The molecule has 0 radical (unpaired) electrons. The van der Waals surface area contributed by atoms with Crippen LogP contribution in [0.15, 0.2) is 72.8 Å². The van der Waals surface area contributed by atoms with Gasteiger partial charge in [0.15, 0.2) is 0 Å². The lowest BCUT2D eigenvalue weighted by atomic mass is 10.1. The van der Waals surface area contributed by atoms with E-state index in [4.69, 9.17) is 0 Å². The highest BCUT2D eigenvalue weighted by molar-refractivity contribution is 7.11. The second-order valence-corrected chi connectivity index (χ2v) is 10.5. The summed E-state index contributed by atoms with van der Waals surface area (Å²) in [6.45, 7) is 9.38. The zero-order valence-electron chi connectivity index (χ0n) is 19.9. The molecule has 0 bridgehead atoms. The Hall–Kier alpha value is -3.12. The topological polar surface area (TPSA) is 52.7 Å². The van der Waals surface area contributed by atoms with Crippen LogP contribution in [0.2, 0.25) is 0 Å². The molecule has 2 aromatic carbocycles. The van der Waals surface area contributed by atoms with Gasteiger partial charge >= 0.3 is 6.03 Å². The Morgan fingerprint density at radius 3 is 2.00 bits per heavy atom. The summed E-state index contributed by atoms with van der Waals surface area (Å²) in [5, 5.41) is 2.97. The summed E-state index contributed by atoms with van der Waals surface area (Å²) in [7, 11) is 0. The van der Waals surface area contributed by atoms with Crippen LogP contribution in [0.4, 0.5) is 4.79 Å². The molecule has 0 aliphatic rings. The Labute approximate surface area is 201 Å². The maximum atomic E-state index is 13.5. The van der Waals surface area contributed by atoms with Gasteiger partial charge in [0.1, 0.15) is 6.54 Å². The fraction of sp³-hybridized carbons (Fsp3) is 0.333. The van der Waals surface area contributed by atoms with Crippen LogP contribution in [-0.2, 0) is 24.4 Å². The molecule has 1 heterocycles. The number of hydrogen-bond acceptors (Lipinski definition) is 3. The molecule has 5 nitrogen and oxygen atoms in total. The highest BCUT2D eigenvalue weighted by atomic mass is 32.1. The van der Waals surface area contributed by atoms with Gasteiger partial charge in [-0.15, -0.1) is 11.3 Å². The smallest absolute Gasteiger partial charge is 0.318 e. The summed E-state index contributed by atoms with van der Waals surface area (Å²) in [4.78, 5) is 32.4. The van der Waals surface area contributed by atoms with Gasteiger partial charge in [0.25, 0.3) is 0 Å². The van der Waals surface area contributed by atoms with Gasteiger partial charge in [-0.05, 0) is 51.0 Å². The molecular formula is C27H33N3O2S. The summed E-state index contributed by atoms with van der Waals surface area (Å²) in [6, 6.07) is 23.6. The Balaban J connectivity index is 1.74. The van der Waals surface area contributed by atoms with Gasteiger partial charge in [-0.1, -0.05) is 60.7 Å². The molecule has 0 aliphatic carbocycles. The normalized spacial score (nSPS) is 11.2. The molecule has 3 amide bonds. The molecule has 33 heavy (non-hydrogen) atoms. The monoisotopic (exact) mass is 463 g/mol. The minimum absolute atomic E-state index is 0.0152. The second-order valence-electron chi connectivity index (χ2n) is 9.15. The van der Waals surface area contributed by atoms with Gasteiger partial charge in [0, 0.05) is 28.4 Å². The Morgan fingerprint density at radius 2 is 1.45 bits per heavy atom. The largest absolute Gasteiger partial charge is 0.334 e. The van der Waals surface area contributed by atoms with Crippen molar-refractivity contribution in [1.29, 1.82) is 0 Å². The van der Waals surface area contributed by atoms with E-state index in [-0.39, 0.29) is 18.5 Å². The van der Waals surface area contributed by atoms with E-state index in [2.05, 4.69) is 24.4 Å². The maximum Gasteiger partial charge on any atom is 0.318 e. The van der Waals surface area contributed by atoms with Gasteiger partial charge < -0.3 is 15.1 Å². The number of nitrogens with zero attached hydrogens (tertiary/aromatic N) is 2. The third-order valence-corrected chi connectivity index (χ3v) is 6.33. The van der Waals surface area contributed by atoms with Crippen LogP contribution in [0.3, 0.4) is 0 Å². The van der Waals surface area contributed by atoms with E-state index in [0.29, 0.717) is 19.6 Å². The van der Waals surface area contributed by atoms with Crippen molar-refractivity contribution >= 4 is 23.3 Å². The Morgan fingerprint density at radius 1 is 0.848 bits per heavy atom. The van der Waals surface area contributed by atoms with Gasteiger partial charge in [-0.3, -0.25) is 4.79 Å². The number of rotatable bonds is 8. The molecule has 0 spiro atoms. The summed E-state index contributed by atoms with van der Waals surface area (Å²) in [5.74, 6) is -0.0744. The lowest BCUT2D eigenvalue weighted by Gasteiger charge is -2.36. The van der Waals surface area contributed by atoms with Crippen molar-refractivity contribution in [3.05, 3.63) is 93.7 Å². The molecule has 1 aromatic heterocycles. The third kappa shape index (κ3) is 7.46. The maximum absolute atomic E-state index is 13.5. The SMILES string of the molecule is Cc1ccc(CN(Cc2ccccc2)C(=O)CN(C(=O)NCc2ccccc2)C(C)(C)C)s1. The zero-order valence-corrected chi connectivity index (χ0v) is 20.7. The van der Waals surface area contributed by atoms with E-state index in [1.807, 2.05) is 86.3 Å². The van der Waals surface area contributed by atoms with Crippen LogP contribution < -0.4 is 5.32 Å². The first kappa shape index (κ1) is 24.5. The van der Waals surface area contributed by atoms with Crippen molar-refractivity contribution in [2.24, 2.45) is 0 Å². The Bertz CT molecular complexity index is 1040. The number of hydrogen-bond donors (Lipinski definition) is 1. The standard InChI is InChI=1S/C27H33N3O2S/c1-21-15-16-24(33-21)19-29(18-23-13-9-6-10-14-23)25(31)20-30(27(2,3)4)26(32)28-17-22-11-7-5-8-12-22/h5-16H,17-20H2,1-4H3,(H,28,32). The van der Waals surface area contributed by atoms with Gasteiger partial charge in [-0.25, -0.2) is 4.79 Å². The van der Waals surface area contributed by atoms with E-state index < -0.39 is 5.54 Å². The number of amides is 3. The van der Waals surface area contributed by atoms with E-state index in [1.54, 1.807) is 16.2 Å². The molecule has 3 aromatic rings. The van der Waals surface area contributed by atoms with Gasteiger partial charge in [0.2, 0.25) is 5.91 Å². The number of benzene rings is 2. The van der Waals surface area contributed by atoms with E-state index >= 15 is 0 Å². The molecule has 3 rings (SSSR count). The quantitative estimate of drug-likeness (QED) is 0.473. The number of thiophene rings is 1. The average Bonchev–Trinajstić information content (AvgIpc) is 3.20. The van der Waals surface area contributed by atoms with Crippen LogP contribution >= 0.6 is 11.3 Å². The fourth-order valence-corrected chi connectivity index (χ4v) is 4.42. The molecule has 174 valence electrons. The first-order valence-corrected chi connectivity index (χ1v) is 12.0. The minimum Gasteiger partial charge on any atom is -0.334 e. The summed E-state index contributed by atoms with van der Waals surface area (Å²) >= 11 is 1.69. The van der Waals surface area contributed by atoms with Gasteiger partial charge in [0.05, 0.1) is 6.54 Å². The molecule has 0 saturated heterocycles. The molecule has 0 atom stereocenters. The number of nitrogens with one attached hydrogen (secondary N) is 1. The number of urea groups is 1. The average molecular weight is 464 g/mol.